The van der Waals surface area contributed by atoms with Crippen molar-refractivity contribution in [1.29, 1.82) is 0 Å². The van der Waals surface area contributed by atoms with Gasteiger partial charge in [0.25, 0.3) is 5.95 Å². The van der Waals surface area contributed by atoms with E-state index < -0.39 is 0 Å². The van der Waals surface area contributed by atoms with Crippen LogP contribution in [0.1, 0.15) is 12.8 Å². The quantitative estimate of drug-likeness (QED) is 0.740. The highest BCUT2D eigenvalue weighted by molar-refractivity contribution is 5.87. The highest BCUT2D eigenvalue weighted by Crippen LogP contribution is 2.45. The highest BCUT2D eigenvalue weighted by Gasteiger charge is 2.43. The number of carbonyl (C=O) groups is 1. The maximum atomic E-state index is 11.7. The maximum Gasteiger partial charge on any atom is 0.321 e. The van der Waals surface area contributed by atoms with Crippen molar-refractivity contribution in [3.05, 3.63) is 30.3 Å². The number of anilines is 1. The number of para-hydroxylation sites is 1. The predicted octanol–water partition coefficient (Wildman–Crippen LogP) is 1.18. The number of benzene rings is 1. The van der Waals surface area contributed by atoms with E-state index in [1.165, 1.54) is 0 Å². The van der Waals surface area contributed by atoms with Crippen molar-refractivity contribution in [3.63, 3.8) is 0 Å². The number of H-pyrrole nitrogens is 1. The average molecular weight is 288 g/mol. The minimum Gasteiger partial charge on any atom is -0.493 e. The van der Waals surface area contributed by atoms with Gasteiger partial charge in [-0.05, 0) is 30.2 Å². The van der Waals surface area contributed by atoms with Crippen molar-refractivity contribution in [2.24, 2.45) is 5.41 Å². The summed E-state index contributed by atoms with van der Waals surface area (Å²) >= 11 is 0. The van der Waals surface area contributed by atoms with Crippen molar-refractivity contribution in [3.8, 4) is 5.75 Å². The molecule has 0 radical (unpaired) electrons. The van der Waals surface area contributed by atoms with Gasteiger partial charge in [-0.3, -0.25) is 5.32 Å². The summed E-state index contributed by atoms with van der Waals surface area (Å²) in [6, 6.07) is 9.32. The van der Waals surface area contributed by atoms with Crippen molar-refractivity contribution < 1.29 is 9.53 Å². The zero-order valence-electron chi connectivity index (χ0n) is 11.4. The van der Waals surface area contributed by atoms with E-state index >= 15 is 0 Å². The van der Waals surface area contributed by atoms with Crippen LogP contribution in [-0.4, -0.2) is 39.8 Å². The molecular weight excluding hydrogens is 272 g/mol. The number of nitrogens with zero attached hydrogens (tertiary/aromatic N) is 3. The standard InChI is InChI=1S/C13H16N6O2/c20-12(15-11-16-18-19-17-11)14-8-13(6-7-13)9-21-10-4-2-1-3-5-10/h1-5H,6-9H2,(H3,14,15,16,17,18,19,20). The van der Waals surface area contributed by atoms with Crippen LogP contribution in [-0.2, 0) is 0 Å². The summed E-state index contributed by atoms with van der Waals surface area (Å²) in [5, 5.41) is 18.2. The molecule has 8 heteroatoms. The van der Waals surface area contributed by atoms with Crippen LogP contribution in [0.3, 0.4) is 0 Å². The lowest BCUT2D eigenvalue weighted by molar-refractivity contribution is 0.223. The molecule has 1 aromatic carbocycles. The van der Waals surface area contributed by atoms with E-state index in [0.717, 1.165) is 18.6 Å². The Morgan fingerprint density at radius 1 is 1.33 bits per heavy atom. The molecule has 0 bridgehead atoms. The summed E-state index contributed by atoms with van der Waals surface area (Å²) in [6.07, 6.45) is 2.09. The molecule has 1 saturated carbocycles. The largest absolute Gasteiger partial charge is 0.493 e. The van der Waals surface area contributed by atoms with E-state index in [1.54, 1.807) is 0 Å². The van der Waals surface area contributed by atoms with E-state index in [-0.39, 0.29) is 17.4 Å². The molecule has 1 fully saturated rings. The molecule has 3 rings (SSSR count). The summed E-state index contributed by atoms with van der Waals surface area (Å²) in [6.45, 7) is 1.16. The summed E-state index contributed by atoms with van der Waals surface area (Å²) in [5.74, 6) is 0.998. The molecule has 0 spiro atoms. The van der Waals surface area contributed by atoms with E-state index in [2.05, 4.69) is 31.3 Å². The molecule has 1 aromatic heterocycles. The Balaban J connectivity index is 1.43. The number of hydrogen-bond acceptors (Lipinski definition) is 5. The second kappa shape index (κ2) is 5.78. The summed E-state index contributed by atoms with van der Waals surface area (Å²) in [7, 11) is 0. The number of amides is 2. The monoisotopic (exact) mass is 288 g/mol. The minimum absolute atomic E-state index is 0.0322. The fourth-order valence-corrected chi connectivity index (χ4v) is 1.93. The molecule has 1 aliphatic carbocycles. The van der Waals surface area contributed by atoms with Gasteiger partial charge in [-0.25, -0.2) is 4.79 Å². The highest BCUT2D eigenvalue weighted by atomic mass is 16.5. The van der Waals surface area contributed by atoms with Crippen LogP contribution in [0.15, 0.2) is 30.3 Å². The van der Waals surface area contributed by atoms with Crippen molar-refractivity contribution >= 4 is 12.0 Å². The van der Waals surface area contributed by atoms with Gasteiger partial charge < -0.3 is 10.1 Å². The molecule has 3 N–H and O–H groups in total. The van der Waals surface area contributed by atoms with Crippen molar-refractivity contribution in [1.82, 2.24) is 25.9 Å². The Bertz CT molecular complexity index is 582. The number of rotatable bonds is 6. The molecule has 0 aliphatic heterocycles. The molecule has 21 heavy (non-hydrogen) atoms. The number of aromatic amines is 1. The Morgan fingerprint density at radius 2 is 2.14 bits per heavy atom. The van der Waals surface area contributed by atoms with Gasteiger partial charge in [-0.15, -0.1) is 5.10 Å². The summed E-state index contributed by atoms with van der Waals surface area (Å²) in [4.78, 5) is 11.7. The lowest BCUT2D eigenvalue weighted by atomic mass is 10.1. The van der Waals surface area contributed by atoms with Gasteiger partial charge in [-0.2, -0.15) is 5.21 Å². The lowest BCUT2D eigenvalue weighted by Gasteiger charge is -2.16. The zero-order valence-corrected chi connectivity index (χ0v) is 11.4. The molecule has 0 saturated heterocycles. The molecule has 2 amide bonds. The zero-order chi connectivity index (χ0) is 14.5. The van der Waals surface area contributed by atoms with Gasteiger partial charge in [0.1, 0.15) is 5.75 Å². The second-order valence-electron chi connectivity index (χ2n) is 5.14. The molecule has 0 atom stereocenters. The van der Waals surface area contributed by atoms with Crippen molar-refractivity contribution in [2.45, 2.75) is 12.8 Å². The Labute approximate surface area is 121 Å². The SMILES string of the molecule is O=C(NCC1(COc2ccccc2)CC1)Nc1nn[nH]n1. The first-order chi connectivity index (χ1) is 10.3. The number of nitrogens with one attached hydrogen (secondary N) is 3. The van der Waals surface area contributed by atoms with Gasteiger partial charge in [0.15, 0.2) is 0 Å². The average Bonchev–Trinajstić information content (AvgIpc) is 3.11. The van der Waals surface area contributed by atoms with Crippen LogP contribution in [0.2, 0.25) is 0 Å². The summed E-state index contributed by atoms with van der Waals surface area (Å²) < 4.78 is 5.76. The first kappa shape index (κ1) is 13.3. The number of aromatic nitrogens is 4. The molecular formula is C13H16N6O2. The first-order valence-corrected chi connectivity index (χ1v) is 6.72. The molecule has 1 heterocycles. The van der Waals surface area contributed by atoms with Crippen LogP contribution < -0.4 is 15.4 Å². The van der Waals surface area contributed by atoms with Crippen LogP contribution >= 0.6 is 0 Å². The number of ether oxygens (including phenoxy) is 1. The third kappa shape index (κ3) is 3.68. The maximum absolute atomic E-state index is 11.7. The number of tetrazole rings is 1. The smallest absolute Gasteiger partial charge is 0.321 e. The molecule has 1 aliphatic rings. The van der Waals surface area contributed by atoms with E-state index in [4.69, 9.17) is 4.74 Å². The fraction of sp³-hybridized carbons (Fsp3) is 0.385. The third-order valence-corrected chi connectivity index (χ3v) is 3.44. The normalized spacial score (nSPS) is 15.2. The van der Waals surface area contributed by atoms with Gasteiger partial charge in [0.05, 0.1) is 6.61 Å². The third-order valence-electron chi connectivity index (χ3n) is 3.44. The van der Waals surface area contributed by atoms with E-state index in [0.29, 0.717) is 13.2 Å². The van der Waals surface area contributed by atoms with Crippen LogP contribution in [0.25, 0.3) is 0 Å². The van der Waals surface area contributed by atoms with E-state index in [1.807, 2.05) is 30.3 Å². The molecule has 2 aromatic rings. The predicted molar refractivity (Wildman–Crippen MR) is 74.8 cm³/mol. The topological polar surface area (TPSA) is 105 Å². The second-order valence-corrected chi connectivity index (χ2v) is 5.14. The first-order valence-electron chi connectivity index (χ1n) is 6.72. The minimum atomic E-state index is -0.345. The van der Waals surface area contributed by atoms with Crippen LogP contribution in [0.5, 0.6) is 5.75 Å². The Morgan fingerprint density at radius 3 is 2.81 bits per heavy atom. The fourth-order valence-electron chi connectivity index (χ4n) is 1.93. The van der Waals surface area contributed by atoms with Gasteiger partial charge in [0, 0.05) is 12.0 Å². The van der Waals surface area contributed by atoms with Gasteiger partial charge in [0.2, 0.25) is 0 Å². The molecule has 110 valence electrons. The Kier molecular flexibility index (Phi) is 3.67. The lowest BCUT2D eigenvalue weighted by Crippen LogP contribution is -2.36. The summed E-state index contributed by atoms with van der Waals surface area (Å²) in [5.41, 5.74) is 0.0322. The van der Waals surface area contributed by atoms with Crippen LogP contribution in [0, 0.1) is 5.41 Å². The van der Waals surface area contributed by atoms with Gasteiger partial charge in [-0.1, -0.05) is 23.3 Å². The molecule has 8 nitrogen and oxygen atoms in total. The van der Waals surface area contributed by atoms with Crippen LogP contribution in [0.4, 0.5) is 10.7 Å². The Hall–Kier alpha value is -2.64. The number of urea groups is 1. The number of hydrogen-bond donors (Lipinski definition) is 3. The molecule has 0 unspecified atom stereocenters. The number of carbonyl (C=O) groups excluding carboxylic acids is 1. The van der Waals surface area contributed by atoms with Crippen molar-refractivity contribution in [2.75, 3.05) is 18.5 Å². The van der Waals surface area contributed by atoms with Gasteiger partial charge >= 0.3 is 6.03 Å². The van der Waals surface area contributed by atoms with E-state index in [9.17, 15) is 4.79 Å².